The minimum absolute atomic E-state index is 0.00778. The summed E-state index contributed by atoms with van der Waals surface area (Å²) < 4.78 is 50.7. The second-order valence-electron chi connectivity index (χ2n) is 12.5. The van der Waals surface area contributed by atoms with Crippen LogP contribution in [0.1, 0.15) is 83.9 Å². The third kappa shape index (κ3) is 5.32. The van der Waals surface area contributed by atoms with Gasteiger partial charge in [-0.3, -0.25) is 4.79 Å². The van der Waals surface area contributed by atoms with Crippen molar-refractivity contribution < 1.29 is 22.7 Å². The lowest BCUT2D eigenvalue weighted by Gasteiger charge is -2.46. The summed E-state index contributed by atoms with van der Waals surface area (Å²) in [6.45, 7) is 2.50. The van der Waals surface area contributed by atoms with E-state index in [-0.39, 0.29) is 42.3 Å². The Balaban J connectivity index is 1.40. The lowest BCUT2D eigenvalue weighted by molar-refractivity contribution is -0.138. The van der Waals surface area contributed by atoms with Crippen molar-refractivity contribution in [3.8, 4) is 6.07 Å². The van der Waals surface area contributed by atoms with Crippen molar-refractivity contribution in [2.45, 2.75) is 81.8 Å². The van der Waals surface area contributed by atoms with E-state index < -0.39 is 23.1 Å². The number of anilines is 2. The Morgan fingerprint density at radius 3 is 2.57 bits per heavy atom. The summed E-state index contributed by atoms with van der Waals surface area (Å²) in [4.78, 5) is 15.3. The van der Waals surface area contributed by atoms with Gasteiger partial charge < -0.3 is 24.8 Å². The minimum atomic E-state index is -4.61. The Bertz CT molecular complexity index is 1620. The fourth-order valence-corrected chi connectivity index (χ4v) is 6.79. The first kappa shape index (κ1) is 30.1. The maximum absolute atomic E-state index is 14.4. The number of rotatable bonds is 10. The largest absolute Gasteiger partial charge is 0.416 e. The van der Waals surface area contributed by atoms with E-state index in [0.717, 1.165) is 30.7 Å². The molecule has 1 aromatic heterocycles. The number of nitrogens with zero attached hydrogens (tertiary/aromatic N) is 5. The predicted molar refractivity (Wildman–Crippen MR) is 158 cm³/mol. The average molecular weight is 608 g/mol. The van der Waals surface area contributed by atoms with Crippen molar-refractivity contribution in [1.82, 2.24) is 20.1 Å². The maximum atomic E-state index is 14.4. The number of carbonyl (C=O) groups is 1. The molecule has 2 N–H and O–H groups in total. The minimum Gasteiger partial charge on any atom is -0.384 e. The molecule has 12 heteroatoms. The summed E-state index contributed by atoms with van der Waals surface area (Å²) in [6, 6.07) is 10.5. The smallest absolute Gasteiger partial charge is 0.384 e. The van der Waals surface area contributed by atoms with Crippen molar-refractivity contribution in [2.24, 2.45) is 7.05 Å². The van der Waals surface area contributed by atoms with Crippen LogP contribution in [0.4, 0.5) is 24.5 Å². The van der Waals surface area contributed by atoms with Crippen LogP contribution in [0.25, 0.3) is 0 Å². The average Bonchev–Trinajstić information content (AvgIpc) is 3.53. The van der Waals surface area contributed by atoms with Gasteiger partial charge in [0.2, 0.25) is 0 Å². The number of benzene rings is 2. The number of amides is 1. The first-order valence-corrected chi connectivity index (χ1v) is 14.9. The van der Waals surface area contributed by atoms with E-state index >= 15 is 0 Å². The molecule has 2 fully saturated rings. The highest BCUT2D eigenvalue weighted by atomic mass is 19.4. The summed E-state index contributed by atoms with van der Waals surface area (Å²) in [5.41, 5.74) is 1.03. The fourth-order valence-electron chi connectivity index (χ4n) is 6.79. The second kappa shape index (κ2) is 11.2. The predicted octanol–water partition coefficient (Wildman–Crippen LogP) is 5.45. The van der Waals surface area contributed by atoms with Crippen LogP contribution >= 0.6 is 0 Å². The summed E-state index contributed by atoms with van der Waals surface area (Å²) in [6.07, 6.45) is 1.55. The Morgan fingerprint density at radius 1 is 1.18 bits per heavy atom. The van der Waals surface area contributed by atoms with Crippen molar-refractivity contribution in [2.75, 3.05) is 23.9 Å². The Morgan fingerprint density at radius 2 is 1.95 bits per heavy atom. The van der Waals surface area contributed by atoms with Gasteiger partial charge in [-0.2, -0.15) is 18.4 Å². The SMILES string of the molecule is COC1CC(c2cc(NCCC#N)cc(N3Cc4c(cc(CNC5(C)CCC5)cc4C(F)(F)F)C3=O)c2)(c2nncn2C)C1. The number of methoxy groups -OCH3 is 1. The molecule has 1 amide bonds. The third-order valence-corrected chi connectivity index (χ3v) is 9.56. The molecular formula is C32H36F3N7O2. The zero-order valence-corrected chi connectivity index (χ0v) is 25.1. The van der Waals surface area contributed by atoms with Gasteiger partial charge in [-0.25, -0.2) is 0 Å². The van der Waals surface area contributed by atoms with E-state index in [0.29, 0.717) is 36.3 Å². The van der Waals surface area contributed by atoms with Crippen molar-refractivity contribution in [3.63, 3.8) is 0 Å². The molecule has 2 saturated carbocycles. The highest BCUT2D eigenvalue weighted by Crippen LogP contribution is 2.51. The van der Waals surface area contributed by atoms with Crippen LogP contribution in [0.3, 0.4) is 0 Å². The van der Waals surface area contributed by atoms with Gasteiger partial charge in [0.1, 0.15) is 12.2 Å². The fraction of sp³-hybridized carbons (Fsp3) is 0.500. The van der Waals surface area contributed by atoms with Gasteiger partial charge in [-0.1, -0.05) is 0 Å². The monoisotopic (exact) mass is 607 g/mol. The Hall–Kier alpha value is -3.95. The van der Waals surface area contributed by atoms with Crippen LogP contribution in [-0.2, 0) is 36.5 Å². The number of hydrogen-bond donors (Lipinski definition) is 2. The van der Waals surface area contributed by atoms with E-state index in [4.69, 9.17) is 10.00 Å². The molecule has 6 rings (SSSR count). The topological polar surface area (TPSA) is 108 Å². The third-order valence-electron chi connectivity index (χ3n) is 9.56. The van der Waals surface area contributed by atoms with Gasteiger partial charge in [0.05, 0.1) is 36.1 Å². The van der Waals surface area contributed by atoms with E-state index in [2.05, 4.69) is 33.8 Å². The van der Waals surface area contributed by atoms with E-state index in [9.17, 15) is 18.0 Å². The maximum Gasteiger partial charge on any atom is 0.416 e. The van der Waals surface area contributed by atoms with Crippen molar-refractivity contribution >= 4 is 17.3 Å². The normalized spacial score (nSPS) is 22.2. The molecule has 0 radical (unpaired) electrons. The van der Waals surface area contributed by atoms with Gasteiger partial charge in [-0.05, 0) is 86.1 Å². The zero-order chi connectivity index (χ0) is 31.3. The summed E-state index contributed by atoms with van der Waals surface area (Å²) in [5.74, 6) is 0.261. The number of halogens is 3. The van der Waals surface area contributed by atoms with E-state index in [1.54, 1.807) is 25.6 Å². The molecule has 2 aromatic carbocycles. The summed E-state index contributed by atoms with van der Waals surface area (Å²) >= 11 is 0. The number of nitriles is 1. The van der Waals surface area contributed by atoms with Crippen LogP contribution in [0, 0.1) is 11.3 Å². The summed E-state index contributed by atoms with van der Waals surface area (Å²) in [5, 5.41) is 24.2. The molecule has 0 spiro atoms. The second-order valence-corrected chi connectivity index (χ2v) is 12.5. The first-order valence-electron chi connectivity index (χ1n) is 14.9. The molecule has 0 saturated heterocycles. The van der Waals surface area contributed by atoms with E-state index in [1.165, 1.54) is 11.0 Å². The van der Waals surface area contributed by atoms with Crippen LogP contribution in [0.15, 0.2) is 36.7 Å². The number of carbonyl (C=O) groups excluding carboxylic acids is 1. The molecule has 0 bridgehead atoms. The molecule has 2 heterocycles. The highest BCUT2D eigenvalue weighted by molar-refractivity contribution is 6.10. The molecule has 0 unspecified atom stereocenters. The standard InChI is InChI=1S/C32H36F3N7O2/c1-30(6-4-7-30)38-17-20-10-25-26(27(11-20)32(33,34)35)18-42(28(25)43)23-13-21(12-22(14-23)37-9-5-8-36)31(15-24(16-31)44-3)29-40-39-19-41(29)2/h10-14,19,24,37-38H,4-7,9,15-18H2,1-3H3. The van der Waals surface area contributed by atoms with Gasteiger partial charge in [0.15, 0.2) is 0 Å². The highest BCUT2D eigenvalue weighted by Gasteiger charge is 2.51. The number of hydrogen-bond acceptors (Lipinski definition) is 7. The Labute approximate surface area is 254 Å². The lowest BCUT2D eigenvalue weighted by Crippen LogP contribution is -2.48. The lowest BCUT2D eigenvalue weighted by atomic mass is 9.61. The van der Waals surface area contributed by atoms with Crippen LogP contribution in [-0.4, -0.2) is 46.0 Å². The molecule has 2 aliphatic carbocycles. The van der Waals surface area contributed by atoms with Crippen LogP contribution < -0.4 is 15.5 Å². The number of nitrogens with one attached hydrogen (secondary N) is 2. The molecule has 3 aliphatic rings. The van der Waals surface area contributed by atoms with Crippen molar-refractivity contribution in [3.05, 3.63) is 70.3 Å². The molecule has 0 atom stereocenters. The molecule has 232 valence electrons. The van der Waals surface area contributed by atoms with Crippen LogP contribution in [0.2, 0.25) is 0 Å². The van der Waals surface area contributed by atoms with Crippen molar-refractivity contribution in [1.29, 1.82) is 5.26 Å². The number of aryl methyl sites for hydroxylation is 1. The van der Waals surface area contributed by atoms with Gasteiger partial charge in [0.25, 0.3) is 5.91 Å². The molecule has 44 heavy (non-hydrogen) atoms. The van der Waals surface area contributed by atoms with E-state index in [1.807, 2.05) is 23.7 Å². The molecule has 9 nitrogen and oxygen atoms in total. The summed E-state index contributed by atoms with van der Waals surface area (Å²) in [7, 11) is 3.52. The molecule has 3 aromatic rings. The van der Waals surface area contributed by atoms with Gasteiger partial charge >= 0.3 is 6.18 Å². The number of fused-ring (bicyclic) bond motifs is 1. The number of aromatic nitrogens is 3. The van der Waals surface area contributed by atoms with Gasteiger partial charge in [-0.15, -0.1) is 10.2 Å². The number of ether oxygens (including phenoxy) is 1. The van der Waals surface area contributed by atoms with Gasteiger partial charge in [0, 0.05) is 49.7 Å². The Kier molecular flexibility index (Phi) is 7.66. The quantitative estimate of drug-likeness (QED) is 0.295. The first-order chi connectivity index (χ1) is 21.0. The molecule has 1 aliphatic heterocycles. The zero-order valence-electron chi connectivity index (χ0n) is 25.1. The molecular weight excluding hydrogens is 571 g/mol. The number of alkyl halides is 3. The van der Waals surface area contributed by atoms with Crippen LogP contribution in [0.5, 0.6) is 0 Å².